The molecule has 7 heteroatoms. The molecular weight excluding hydrogens is 366 g/mol. The van der Waals surface area contributed by atoms with E-state index >= 15 is 0 Å². The molecule has 0 saturated heterocycles. The topological polar surface area (TPSA) is 81.7 Å². The molecule has 0 aliphatic heterocycles. The van der Waals surface area contributed by atoms with E-state index in [1.165, 1.54) is 31.0 Å². The van der Waals surface area contributed by atoms with Crippen molar-refractivity contribution >= 4 is 35.3 Å². The Kier molecular flexibility index (Phi) is 7.63. The Bertz CT molecular complexity index is 849. The quantitative estimate of drug-likeness (QED) is 0.446. The van der Waals surface area contributed by atoms with Crippen molar-refractivity contribution in [3.05, 3.63) is 71.1 Å². The van der Waals surface area contributed by atoms with Crippen LogP contribution >= 0.6 is 11.8 Å². The Hall–Kier alpha value is -3.06. The van der Waals surface area contributed by atoms with Crippen molar-refractivity contribution < 1.29 is 23.9 Å². The van der Waals surface area contributed by atoms with Gasteiger partial charge in [0.2, 0.25) is 0 Å². The molecule has 0 aliphatic rings. The van der Waals surface area contributed by atoms with Gasteiger partial charge in [-0.05, 0) is 42.2 Å². The van der Waals surface area contributed by atoms with E-state index in [9.17, 15) is 14.4 Å². The molecule has 2 aromatic rings. The maximum atomic E-state index is 12.0. The smallest absolute Gasteiger partial charge is 0.337 e. The molecule has 27 heavy (non-hydrogen) atoms. The van der Waals surface area contributed by atoms with Crippen molar-refractivity contribution in [3.63, 3.8) is 0 Å². The van der Waals surface area contributed by atoms with Crippen LogP contribution in [-0.2, 0) is 19.1 Å². The van der Waals surface area contributed by atoms with Crippen LogP contribution in [0.3, 0.4) is 0 Å². The summed E-state index contributed by atoms with van der Waals surface area (Å²) in [6.07, 6.45) is 1.26. The van der Waals surface area contributed by atoms with Crippen LogP contribution < -0.4 is 5.32 Å². The zero-order valence-electron chi connectivity index (χ0n) is 14.9. The van der Waals surface area contributed by atoms with Crippen molar-refractivity contribution in [1.29, 1.82) is 0 Å². The second-order valence-electron chi connectivity index (χ2n) is 5.41. The summed E-state index contributed by atoms with van der Waals surface area (Å²) in [5.41, 5.74) is 1.53. The molecule has 2 aromatic carbocycles. The second kappa shape index (κ2) is 10.2. The highest BCUT2D eigenvalue weighted by molar-refractivity contribution is 8.02. The first-order valence-corrected chi connectivity index (χ1v) is 8.91. The largest absolute Gasteiger partial charge is 0.465 e. The van der Waals surface area contributed by atoms with Gasteiger partial charge in [0.25, 0.3) is 5.91 Å². The monoisotopic (exact) mass is 385 g/mol. The number of methoxy groups -OCH3 is 1. The van der Waals surface area contributed by atoms with Gasteiger partial charge in [-0.1, -0.05) is 36.0 Å². The van der Waals surface area contributed by atoms with Gasteiger partial charge in [0.05, 0.1) is 12.7 Å². The molecule has 1 amide bonds. The molecule has 0 aromatic heterocycles. The number of carbonyl (C=O) groups is 3. The number of thioether (sulfide) groups is 1. The second-order valence-corrected chi connectivity index (χ2v) is 6.39. The zero-order chi connectivity index (χ0) is 19.6. The Morgan fingerprint density at radius 1 is 1.11 bits per heavy atom. The number of carbonyl (C=O) groups excluding carboxylic acids is 3. The number of nitrogens with one attached hydrogen (secondary N) is 1. The maximum absolute atomic E-state index is 12.0. The molecule has 140 valence electrons. The zero-order valence-corrected chi connectivity index (χ0v) is 15.7. The van der Waals surface area contributed by atoms with Gasteiger partial charge in [-0.2, -0.15) is 0 Å². The number of amides is 1. The molecule has 0 aliphatic carbocycles. The lowest BCUT2D eigenvalue weighted by molar-refractivity contribution is -0.142. The van der Waals surface area contributed by atoms with Gasteiger partial charge in [0, 0.05) is 16.7 Å². The van der Waals surface area contributed by atoms with Crippen LogP contribution in [0.15, 0.2) is 64.9 Å². The van der Waals surface area contributed by atoms with E-state index in [1.807, 2.05) is 30.3 Å². The van der Waals surface area contributed by atoms with E-state index in [-0.39, 0.29) is 0 Å². The van der Waals surface area contributed by atoms with E-state index in [1.54, 1.807) is 24.5 Å². The maximum Gasteiger partial charge on any atom is 0.337 e. The average molecular weight is 385 g/mol. The lowest BCUT2D eigenvalue weighted by atomic mass is 10.1. The van der Waals surface area contributed by atoms with Crippen molar-refractivity contribution in [2.24, 2.45) is 0 Å². The number of hydrogen-bond acceptors (Lipinski definition) is 6. The van der Waals surface area contributed by atoms with Crippen LogP contribution in [-0.4, -0.2) is 31.6 Å². The first kappa shape index (κ1) is 20.3. The lowest BCUT2D eigenvalue weighted by Gasteiger charge is -2.10. The van der Waals surface area contributed by atoms with E-state index in [2.05, 4.69) is 10.1 Å². The molecule has 6 nitrogen and oxygen atoms in total. The van der Waals surface area contributed by atoms with E-state index in [0.29, 0.717) is 11.3 Å². The Labute approximate surface area is 161 Å². The molecule has 0 saturated carbocycles. The molecule has 0 unspecified atom stereocenters. The number of esters is 2. The SMILES string of the molecule is COC(=O)c1ccc(C)c(NC(=O)COC(=O)/C=C/Sc2ccccc2)c1. The standard InChI is InChI=1S/C20H19NO5S/c1-14-8-9-15(20(24)25-2)12-17(14)21-18(22)13-26-19(23)10-11-27-16-6-4-3-5-7-16/h3-12H,13H2,1-2H3,(H,21,22)/b11-10+. The fourth-order valence-corrected chi connectivity index (χ4v) is 2.69. The number of benzene rings is 2. The third-order valence-corrected chi connectivity index (χ3v) is 4.25. The fraction of sp³-hybridized carbons (Fsp3) is 0.150. The third-order valence-electron chi connectivity index (χ3n) is 3.43. The van der Waals surface area contributed by atoms with Crippen LogP contribution in [0.5, 0.6) is 0 Å². The number of hydrogen-bond donors (Lipinski definition) is 1. The summed E-state index contributed by atoms with van der Waals surface area (Å²) in [4.78, 5) is 36.2. The first-order valence-electron chi connectivity index (χ1n) is 8.03. The molecule has 0 bridgehead atoms. The predicted molar refractivity (Wildman–Crippen MR) is 104 cm³/mol. The molecule has 0 atom stereocenters. The molecule has 0 spiro atoms. The van der Waals surface area contributed by atoms with Crippen LogP contribution in [0.4, 0.5) is 5.69 Å². The third kappa shape index (κ3) is 6.63. The summed E-state index contributed by atoms with van der Waals surface area (Å²) in [5.74, 6) is -1.62. The Morgan fingerprint density at radius 2 is 1.85 bits per heavy atom. The van der Waals surface area contributed by atoms with E-state index in [4.69, 9.17) is 4.74 Å². The summed E-state index contributed by atoms with van der Waals surface area (Å²) in [7, 11) is 1.28. The average Bonchev–Trinajstić information content (AvgIpc) is 2.68. The number of aryl methyl sites for hydroxylation is 1. The van der Waals surface area contributed by atoms with Crippen molar-refractivity contribution in [1.82, 2.24) is 0 Å². The van der Waals surface area contributed by atoms with Gasteiger partial charge in [-0.3, -0.25) is 4.79 Å². The van der Waals surface area contributed by atoms with Gasteiger partial charge in [-0.15, -0.1) is 0 Å². The molecule has 0 heterocycles. The minimum absolute atomic E-state index is 0.316. The van der Waals surface area contributed by atoms with Gasteiger partial charge in [0.15, 0.2) is 6.61 Å². The van der Waals surface area contributed by atoms with Gasteiger partial charge < -0.3 is 14.8 Å². The van der Waals surface area contributed by atoms with Gasteiger partial charge in [0.1, 0.15) is 0 Å². The number of rotatable bonds is 7. The Balaban J connectivity index is 1.83. The lowest BCUT2D eigenvalue weighted by Crippen LogP contribution is -2.20. The minimum atomic E-state index is -0.617. The van der Waals surface area contributed by atoms with Crippen molar-refractivity contribution in [2.45, 2.75) is 11.8 Å². The van der Waals surface area contributed by atoms with Crippen molar-refractivity contribution in [2.75, 3.05) is 19.0 Å². The Morgan fingerprint density at radius 3 is 2.56 bits per heavy atom. The summed E-state index contributed by atoms with van der Waals surface area (Å²) in [6, 6.07) is 14.3. The summed E-state index contributed by atoms with van der Waals surface area (Å²) in [5, 5.41) is 4.21. The molecule has 0 radical (unpaired) electrons. The van der Waals surface area contributed by atoms with E-state index < -0.39 is 24.5 Å². The highest BCUT2D eigenvalue weighted by atomic mass is 32.2. The summed E-state index contributed by atoms with van der Waals surface area (Å²) < 4.78 is 9.56. The number of ether oxygens (including phenoxy) is 2. The number of anilines is 1. The minimum Gasteiger partial charge on any atom is -0.465 e. The normalized spacial score (nSPS) is 10.4. The summed E-state index contributed by atoms with van der Waals surface area (Å²) >= 11 is 1.37. The summed E-state index contributed by atoms with van der Waals surface area (Å²) in [6.45, 7) is 1.35. The highest BCUT2D eigenvalue weighted by Crippen LogP contribution is 2.18. The van der Waals surface area contributed by atoms with Gasteiger partial charge >= 0.3 is 11.9 Å². The van der Waals surface area contributed by atoms with Gasteiger partial charge in [-0.25, -0.2) is 9.59 Å². The molecule has 0 fully saturated rings. The van der Waals surface area contributed by atoms with Crippen LogP contribution in [0, 0.1) is 6.92 Å². The first-order chi connectivity index (χ1) is 13.0. The van der Waals surface area contributed by atoms with Crippen LogP contribution in [0.2, 0.25) is 0 Å². The molecule has 1 N–H and O–H groups in total. The van der Waals surface area contributed by atoms with Crippen LogP contribution in [0.25, 0.3) is 0 Å². The van der Waals surface area contributed by atoms with E-state index in [0.717, 1.165) is 10.5 Å². The highest BCUT2D eigenvalue weighted by Gasteiger charge is 2.11. The molecule has 2 rings (SSSR count). The van der Waals surface area contributed by atoms with Crippen LogP contribution in [0.1, 0.15) is 15.9 Å². The van der Waals surface area contributed by atoms with Crippen molar-refractivity contribution in [3.8, 4) is 0 Å². The molecular formula is C20H19NO5S. The fourth-order valence-electron chi connectivity index (χ4n) is 2.04. The predicted octanol–water partition coefficient (Wildman–Crippen LogP) is 3.57.